The molecular weight excluding hydrogens is 388 g/mol. The summed E-state index contributed by atoms with van der Waals surface area (Å²) in [5.74, 6) is -1.45. The fraction of sp³-hybridized carbons (Fsp3) is 0.571. The number of alkyl halides is 1. The number of hydrogen-bond acceptors (Lipinski definition) is 7. The molecule has 0 spiro atoms. The van der Waals surface area contributed by atoms with E-state index in [9.17, 15) is 29.4 Å². The van der Waals surface area contributed by atoms with Crippen LogP contribution < -0.4 is 11.2 Å². The minimum Gasteiger partial charge on any atom is -0.382 e. The average Bonchev–Trinajstić information content (AvgIpc) is 2.76. The van der Waals surface area contributed by atoms with E-state index in [-0.39, 0.29) is 5.56 Å². The van der Waals surface area contributed by atoms with Gasteiger partial charge in [0.2, 0.25) is 0 Å². The number of aliphatic hydroxyl groups is 2. The van der Waals surface area contributed by atoms with Crippen molar-refractivity contribution in [3.05, 3.63) is 32.6 Å². The van der Waals surface area contributed by atoms with Crippen molar-refractivity contribution in [2.45, 2.75) is 49.6 Å². The number of H-pyrrole nitrogens is 1. The molecule has 0 bridgehead atoms. The number of ketones is 2. The number of halogens is 1. The minimum atomic E-state index is -2.24. The third kappa shape index (κ3) is 2.79. The summed E-state index contributed by atoms with van der Waals surface area (Å²) in [5.41, 5.74) is -3.43. The molecule has 1 saturated heterocycles. The van der Waals surface area contributed by atoms with Crippen LogP contribution in [0.4, 0.5) is 0 Å². The van der Waals surface area contributed by atoms with Crippen molar-refractivity contribution in [3.63, 3.8) is 0 Å². The van der Waals surface area contributed by atoms with Gasteiger partial charge in [0.15, 0.2) is 23.4 Å². The zero-order valence-corrected chi connectivity index (χ0v) is 14.7. The third-order valence-electron chi connectivity index (χ3n) is 4.08. The van der Waals surface area contributed by atoms with Crippen LogP contribution in [0.15, 0.2) is 15.8 Å². The fourth-order valence-electron chi connectivity index (χ4n) is 2.60. The summed E-state index contributed by atoms with van der Waals surface area (Å²) in [7, 11) is 0. The first-order valence-corrected chi connectivity index (χ1v) is 7.96. The molecule has 1 fully saturated rings. The predicted molar refractivity (Wildman–Crippen MR) is 85.0 cm³/mol. The number of nitrogens with one attached hydrogen (secondary N) is 1. The summed E-state index contributed by atoms with van der Waals surface area (Å²) >= 11 is 3.13. The molecule has 1 aliphatic rings. The maximum absolute atomic E-state index is 12.0. The van der Waals surface area contributed by atoms with E-state index in [1.165, 1.54) is 13.1 Å². The van der Waals surface area contributed by atoms with Crippen LogP contribution in [0.1, 0.15) is 25.6 Å². The molecule has 2 unspecified atom stereocenters. The number of nitrogens with zero attached hydrogens (tertiary/aromatic N) is 1. The minimum absolute atomic E-state index is 0.208. The van der Waals surface area contributed by atoms with Gasteiger partial charge < -0.3 is 14.9 Å². The van der Waals surface area contributed by atoms with E-state index in [2.05, 4.69) is 20.9 Å². The zero-order chi connectivity index (χ0) is 18.4. The Bertz CT molecular complexity index is 801. The zero-order valence-electron chi connectivity index (χ0n) is 13.1. The van der Waals surface area contributed by atoms with Crippen molar-refractivity contribution >= 4 is 27.5 Å². The molecule has 10 heteroatoms. The monoisotopic (exact) mass is 404 g/mol. The average molecular weight is 405 g/mol. The van der Waals surface area contributed by atoms with E-state index in [0.29, 0.717) is 0 Å². The summed E-state index contributed by atoms with van der Waals surface area (Å²) < 4.78 is 6.47. The first-order valence-electron chi connectivity index (χ1n) is 7.05. The number of ether oxygens (including phenoxy) is 1. The van der Waals surface area contributed by atoms with Crippen molar-refractivity contribution in [3.8, 4) is 0 Å². The summed E-state index contributed by atoms with van der Waals surface area (Å²) in [6.45, 7) is 3.63. The summed E-state index contributed by atoms with van der Waals surface area (Å²) in [5, 5.41) is 20.8. The largest absolute Gasteiger partial charge is 0.382 e. The van der Waals surface area contributed by atoms with E-state index in [0.717, 1.165) is 18.4 Å². The number of aromatic nitrogens is 2. The van der Waals surface area contributed by atoms with Crippen LogP contribution in [0.3, 0.4) is 0 Å². The highest BCUT2D eigenvalue weighted by atomic mass is 79.9. The molecule has 0 radical (unpaired) electrons. The molecule has 9 nitrogen and oxygen atoms in total. The van der Waals surface area contributed by atoms with Crippen molar-refractivity contribution in [1.29, 1.82) is 0 Å². The van der Waals surface area contributed by atoms with Gasteiger partial charge in [0.1, 0.15) is 12.2 Å². The summed E-state index contributed by atoms with van der Waals surface area (Å²) in [6.07, 6.45) is -3.34. The van der Waals surface area contributed by atoms with Crippen LogP contribution in [0, 0.1) is 6.92 Å². The Morgan fingerprint density at radius 3 is 2.50 bits per heavy atom. The Balaban J connectivity index is 2.57. The molecule has 0 saturated carbocycles. The SMILES string of the molecule is CC(=O)C(O)[C@H]1O[C@@H](n2cc(C)c(=O)[nH]c2=O)C(Br)[C@@]1(O)C(C)=O. The number of carbonyl (C=O) groups is 2. The quantitative estimate of drug-likeness (QED) is 0.534. The molecule has 5 atom stereocenters. The highest BCUT2D eigenvalue weighted by Gasteiger charge is 2.61. The standard InChI is InChI=1S/C14H17BrN2O7/c1-5-4-17(13(22)16-11(5)21)12-9(15)14(23,7(3)19)10(24-12)8(20)6(2)18/h4,8-10,12,20,23H,1-3H3,(H,16,21,22)/t8?,9?,10-,12-,14+/m1/s1. The maximum atomic E-state index is 12.0. The number of aromatic amines is 1. The molecule has 1 aliphatic heterocycles. The van der Waals surface area contributed by atoms with Crippen molar-refractivity contribution in [2.24, 2.45) is 0 Å². The topological polar surface area (TPSA) is 139 Å². The van der Waals surface area contributed by atoms with Gasteiger partial charge in [-0.25, -0.2) is 4.79 Å². The van der Waals surface area contributed by atoms with Crippen molar-refractivity contribution in [1.82, 2.24) is 9.55 Å². The highest BCUT2D eigenvalue weighted by molar-refractivity contribution is 9.09. The van der Waals surface area contributed by atoms with Crippen LogP contribution in [0.5, 0.6) is 0 Å². The number of hydrogen-bond donors (Lipinski definition) is 3. The molecule has 0 amide bonds. The Morgan fingerprint density at radius 1 is 1.42 bits per heavy atom. The normalized spacial score (nSPS) is 31.0. The Labute approximate surface area is 144 Å². The van der Waals surface area contributed by atoms with E-state index < -0.39 is 51.7 Å². The lowest BCUT2D eigenvalue weighted by molar-refractivity contribution is -0.158. The van der Waals surface area contributed by atoms with E-state index in [1.807, 2.05) is 0 Å². The molecule has 3 N–H and O–H groups in total. The third-order valence-corrected chi connectivity index (χ3v) is 5.23. The molecule has 132 valence electrons. The van der Waals surface area contributed by atoms with Gasteiger partial charge in [-0.2, -0.15) is 0 Å². The van der Waals surface area contributed by atoms with Crippen LogP contribution in [0.2, 0.25) is 0 Å². The smallest absolute Gasteiger partial charge is 0.330 e. The van der Waals surface area contributed by atoms with Gasteiger partial charge in [-0.05, 0) is 20.8 Å². The number of Topliss-reactive ketones (excluding diaryl/α,β-unsaturated/α-hetero) is 2. The lowest BCUT2D eigenvalue weighted by atomic mass is 9.86. The van der Waals surface area contributed by atoms with Gasteiger partial charge in [0.05, 0.1) is 4.83 Å². The van der Waals surface area contributed by atoms with Gasteiger partial charge in [0.25, 0.3) is 5.56 Å². The van der Waals surface area contributed by atoms with Crippen LogP contribution >= 0.6 is 15.9 Å². The molecule has 2 rings (SSSR count). The van der Waals surface area contributed by atoms with Crippen LogP contribution in [0.25, 0.3) is 0 Å². The molecule has 24 heavy (non-hydrogen) atoms. The van der Waals surface area contributed by atoms with Crippen molar-refractivity contribution in [2.75, 3.05) is 0 Å². The van der Waals surface area contributed by atoms with E-state index in [1.54, 1.807) is 0 Å². The number of rotatable bonds is 4. The summed E-state index contributed by atoms with van der Waals surface area (Å²) in [4.78, 5) is 47.9. The molecule has 1 aromatic heterocycles. The van der Waals surface area contributed by atoms with Crippen LogP contribution in [-0.2, 0) is 14.3 Å². The second-order valence-corrected chi connectivity index (χ2v) is 6.75. The lowest BCUT2D eigenvalue weighted by Gasteiger charge is -2.30. The molecular formula is C14H17BrN2O7. The Hall–Kier alpha value is -1.62. The Kier molecular flexibility index (Phi) is 4.96. The lowest BCUT2D eigenvalue weighted by Crippen LogP contribution is -2.56. The second kappa shape index (κ2) is 6.36. The molecule has 0 aliphatic carbocycles. The van der Waals surface area contributed by atoms with Gasteiger partial charge >= 0.3 is 5.69 Å². The maximum Gasteiger partial charge on any atom is 0.330 e. The first-order chi connectivity index (χ1) is 11.0. The Morgan fingerprint density at radius 2 is 2.00 bits per heavy atom. The van der Waals surface area contributed by atoms with Crippen molar-refractivity contribution < 1.29 is 24.5 Å². The van der Waals surface area contributed by atoms with E-state index in [4.69, 9.17) is 4.74 Å². The van der Waals surface area contributed by atoms with Gasteiger partial charge in [-0.1, -0.05) is 15.9 Å². The van der Waals surface area contributed by atoms with Crippen LogP contribution in [-0.4, -0.2) is 54.0 Å². The number of carbonyl (C=O) groups excluding carboxylic acids is 2. The number of aliphatic hydroxyl groups excluding tert-OH is 1. The van der Waals surface area contributed by atoms with Gasteiger partial charge in [-0.15, -0.1) is 0 Å². The molecule has 0 aromatic carbocycles. The molecule has 2 heterocycles. The second-order valence-electron chi connectivity index (χ2n) is 5.76. The number of aryl methyl sites for hydroxylation is 1. The van der Waals surface area contributed by atoms with Gasteiger partial charge in [-0.3, -0.25) is 23.9 Å². The molecule has 1 aromatic rings. The highest BCUT2D eigenvalue weighted by Crippen LogP contribution is 2.43. The first kappa shape index (κ1) is 18.7. The predicted octanol–water partition coefficient (Wildman–Crippen LogP) is -1.22. The van der Waals surface area contributed by atoms with E-state index >= 15 is 0 Å². The fourth-order valence-corrected chi connectivity index (χ4v) is 3.56. The summed E-state index contributed by atoms with van der Waals surface area (Å²) in [6, 6.07) is 0. The van der Waals surface area contributed by atoms with Gasteiger partial charge in [0, 0.05) is 11.8 Å².